The van der Waals surface area contributed by atoms with Gasteiger partial charge < -0.3 is 9.80 Å². The zero-order valence-corrected chi connectivity index (χ0v) is 12.7. The van der Waals surface area contributed by atoms with Crippen molar-refractivity contribution in [3.63, 3.8) is 0 Å². The van der Waals surface area contributed by atoms with Crippen molar-refractivity contribution in [2.45, 2.75) is 40.0 Å². The monoisotopic (exact) mass is 266 g/mol. The Morgan fingerprint density at radius 3 is 1.95 bits per heavy atom. The lowest BCUT2D eigenvalue weighted by atomic mass is 10.1. The van der Waals surface area contributed by atoms with Crippen LogP contribution in [0, 0.1) is 6.92 Å². The largest absolute Gasteiger partial charge is 0.371 e. The minimum Gasteiger partial charge on any atom is -0.371 e. The molecule has 0 unspecified atom stereocenters. The molecule has 0 spiro atoms. The molecule has 0 amide bonds. The molecule has 19 heavy (non-hydrogen) atoms. The number of rotatable bonds is 9. The third kappa shape index (κ3) is 3.90. The molecule has 0 atom stereocenters. The maximum atomic E-state index is 11.5. The van der Waals surface area contributed by atoms with Crippen LogP contribution >= 0.6 is 0 Å². The van der Waals surface area contributed by atoms with E-state index in [2.05, 4.69) is 18.7 Å². The summed E-state index contributed by atoms with van der Waals surface area (Å²) in [7, 11) is 1.90. The molecule has 0 N–H and O–H groups in total. The lowest BCUT2D eigenvalue weighted by Gasteiger charge is -2.25. The van der Waals surface area contributed by atoms with E-state index in [9.17, 15) is 9.59 Å². The van der Waals surface area contributed by atoms with Crippen LogP contribution in [0.1, 0.15) is 38.7 Å². The Kier molecular flexibility index (Phi) is 6.22. The van der Waals surface area contributed by atoms with Crippen LogP contribution in [0.4, 0.5) is 5.69 Å². The maximum absolute atomic E-state index is 11.5. The van der Waals surface area contributed by atoms with Gasteiger partial charge >= 0.3 is 0 Å². The van der Waals surface area contributed by atoms with E-state index in [1.54, 1.807) is 6.92 Å². The molecule has 0 radical (unpaired) electrons. The summed E-state index contributed by atoms with van der Waals surface area (Å²) in [6.45, 7) is 10.3. The Morgan fingerprint density at radius 1 is 0.895 bits per heavy atom. The molecule has 1 aromatic rings. The Labute approximate surface area is 115 Å². The Morgan fingerprint density at radius 2 is 1.47 bits per heavy atom. The summed E-state index contributed by atoms with van der Waals surface area (Å²) in [6, 6.07) is 0. The van der Waals surface area contributed by atoms with Crippen molar-refractivity contribution >= 4 is 5.69 Å². The van der Waals surface area contributed by atoms with Crippen molar-refractivity contribution < 1.29 is 0 Å². The maximum Gasteiger partial charge on any atom is 0.249 e. The number of hydrogen-bond acceptors (Lipinski definition) is 4. The summed E-state index contributed by atoms with van der Waals surface area (Å²) in [5, 5.41) is 0. The van der Waals surface area contributed by atoms with Gasteiger partial charge in [-0.1, -0.05) is 13.8 Å². The van der Waals surface area contributed by atoms with Gasteiger partial charge in [-0.15, -0.1) is 0 Å². The SMILES string of the molecule is CCCN(CCC)CCCN(C)c1c(C)c(=O)c1=O. The first-order valence-electron chi connectivity index (χ1n) is 7.26. The number of nitrogens with zero attached hydrogens (tertiary/aromatic N) is 2. The van der Waals surface area contributed by atoms with Crippen molar-refractivity contribution in [2.24, 2.45) is 0 Å². The minimum atomic E-state index is -0.320. The van der Waals surface area contributed by atoms with Crippen LogP contribution in [0.5, 0.6) is 0 Å². The molecule has 4 heteroatoms. The predicted octanol–water partition coefficient (Wildman–Crippen LogP) is 1.54. The quantitative estimate of drug-likeness (QED) is 0.636. The van der Waals surface area contributed by atoms with Crippen LogP contribution in [0.15, 0.2) is 9.59 Å². The third-order valence-corrected chi connectivity index (χ3v) is 3.55. The molecule has 1 aromatic carbocycles. The first kappa shape index (κ1) is 15.9. The third-order valence-electron chi connectivity index (χ3n) is 3.55. The molecular weight excluding hydrogens is 240 g/mol. The molecule has 0 fully saturated rings. The average Bonchev–Trinajstić information content (AvgIpc) is 2.39. The molecule has 1 rings (SSSR count). The lowest BCUT2D eigenvalue weighted by molar-refractivity contribution is 0.272. The number of anilines is 1. The average molecular weight is 266 g/mol. The zero-order valence-electron chi connectivity index (χ0n) is 12.7. The fraction of sp³-hybridized carbons (Fsp3) is 0.733. The highest BCUT2D eigenvalue weighted by Gasteiger charge is 2.19. The highest BCUT2D eigenvalue weighted by atomic mass is 16.2. The van der Waals surface area contributed by atoms with Crippen molar-refractivity contribution in [2.75, 3.05) is 38.1 Å². The minimum absolute atomic E-state index is 0.319. The highest BCUT2D eigenvalue weighted by Crippen LogP contribution is 2.11. The normalized spacial score (nSPS) is 11.4. The van der Waals surface area contributed by atoms with Crippen LogP contribution in [0.2, 0.25) is 0 Å². The molecular formula is C15H26N2O2. The summed E-state index contributed by atoms with van der Waals surface area (Å²) in [5.74, 6) is 0. The van der Waals surface area contributed by atoms with E-state index in [1.807, 2.05) is 11.9 Å². The first-order chi connectivity index (χ1) is 9.02. The Hall–Kier alpha value is -1.16. The van der Waals surface area contributed by atoms with Gasteiger partial charge in [0.2, 0.25) is 10.9 Å². The highest BCUT2D eigenvalue weighted by molar-refractivity contribution is 5.57. The van der Waals surface area contributed by atoms with Crippen molar-refractivity contribution in [1.29, 1.82) is 0 Å². The molecule has 108 valence electrons. The van der Waals surface area contributed by atoms with E-state index in [0.717, 1.165) is 32.6 Å². The summed E-state index contributed by atoms with van der Waals surface area (Å²) < 4.78 is 0. The van der Waals surface area contributed by atoms with Gasteiger partial charge in [0, 0.05) is 19.2 Å². The summed E-state index contributed by atoms with van der Waals surface area (Å²) in [4.78, 5) is 27.0. The molecule has 4 nitrogen and oxygen atoms in total. The smallest absolute Gasteiger partial charge is 0.249 e. The van der Waals surface area contributed by atoms with E-state index < -0.39 is 0 Å². The Balaban J connectivity index is 2.40. The van der Waals surface area contributed by atoms with E-state index in [-0.39, 0.29) is 10.9 Å². The van der Waals surface area contributed by atoms with Gasteiger partial charge in [-0.2, -0.15) is 0 Å². The second kappa shape index (κ2) is 7.43. The van der Waals surface area contributed by atoms with Gasteiger partial charge in [-0.25, -0.2) is 0 Å². The van der Waals surface area contributed by atoms with E-state index in [1.165, 1.54) is 12.8 Å². The van der Waals surface area contributed by atoms with Crippen molar-refractivity contribution in [3.05, 3.63) is 26.0 Å². The molecule has 0 heterocycles. The van der Waals surface area contributed by atoms with Gasteiger partial charge in [0.1, 0.15) is 0 Å². The summed E-state index contributed by atoms with van der Waals surface area (Å²) >= 11 is 0. The van der Waals surface area contributed by atoms with E-state index in [0.29, 0.717) is 11.3 Å². The fourth-order valence-corrected chi connectivity index (χ4v) is 2.56. The topological polar surface area (TPSA) is 40.6 Å². The summed E-state index contributed by atoms with van der Waals surface area (Å²) in [5.41, 5.74) is 0.591. The fourth-order valence-electron chi connectivity index (χ4n) is 2.56. The first-order valence-corrected chi connectivity index (χ1v) is 7.26. The molecule has 0 aromatic heterocycles. The Bertz CT molecular complexity index is 455. The van der Waals surface area contributed by atoms with Crippen LogP contribution in [0.3, 0.4) is 0 Å². The van der Waals surface area contributed by atoms with Gasteiger partial charge in [-0.05, 0) is 45.8 Å². The molecule has 0 aliphatic heterocycles. The molecule has 0 saturated heterocycles. The molecule has 0 bridgehead atoms. The van der Waals surface area contributed by atoms with Crippen LogP contribution in [0.25, 0.3) is 0 Å². The predicted molar refractivity (Wildman–Crippen MR) is 81.0 cm³/mol. The van der Waals surface area contributed by atoms with E-state index in [4.69, 9.17) is 0 Å². The van der Waals surface area contributed by atoms with Gasteiger partial charge in [0.05, 0.1) is 5.69 Å². The number of hydrogen-bond donors (Lipinski definition) is 0. The standard InChI is InChI=1S/C15H26N2O2/c1-5-8-17(9-6-2)11-7-10-16(4)13-12(3)14(18)15(13)19/h5-11H2,1-4H3. The van der Waals surface area contributed by atoms with Crippen molar-refractivity contribution in [3.8, 4) is 0 Å². The summed E-state index contributed by atoms with van der Waals surface area (Å²) in [6.07, 6.45) is 3.37. The van der Waals surface area contributed by atoms with Crippen LogP contribution in [-0.2, 0) is 0 Å². The second-order valence-electron chi connectivity index (χ2n) is 5.25. The zero-order chi connectivity index (χ0) is 14.4. The van der Waals surface area contributed by atoms with Crippen molar-refractivity contribution in [1.82, 2.24) is 4.90 Å². The second-order valence-corrected chi connectivity index (χ2v) is 5.25. The molecule has 0 saturated carbocycles. The van der Waals surface area contributed by atoms with Gasteiger partial charge in [0.25, 0.3) is 0 Å². The molecule has 0 aliphatic carbocycles. The van der Waals surface area contributed by atoms with Crippen LogP contribution < -0.4 is 15.8 Å². The van der Waals surface area contributed by atoms with Gasteiger partial charge in [0.15, 0.2) is 0 Å². The van der Waals surface area contributed by atoms with Gasteiger partial charge in [-0.3, -0.25) is 9.59 Å². The van der Waals surface area contributed by atoms with E-state index >= 15 is 0 Å². The van der Waals surface area contributed by atoms with Crippen LogP contribution in [-0.4, -0.2) is 38.1 Å². The lowest BCUT2D eigenvalue weighted by Crippen LogP contribution is -2.42. The molecule has 0 aliphatic rings.